The zero-order valence-corrected chi connectivity index (χ0v) is 20.4. The van der Waals surface area contributed by atoms with Crippen LogP contribution in [-0.4, -0.2) is 34.7 Å². The number of carbonyl (C=O) groups excluding carboxylic acids is 3. The van der Waals surface area contributed by atoms with E-state index in [9.17, 15) is 18.8 Å². The number of ether oxygens (including phenoxy) is 1. The van der Waals surface area contributed by atoms with Gasteiger partial charge in [-0.25, -0.2) is 4.39 Å². The van der Waals surface area contributed by atoms with Crippen molar-refractivity contribution < 1.29 is 23.5 Å². The van der Waals surface area contributed by atoms with E-state index in [-0.39, 0.29) is 47.6 Å². The molecule has 6 aliphatic carbocycles. The summed E-state index contributed by atoms with van der Waals surface area (Å²) in [7, 11) is 0. The highest BCUT2D eigenvalue weighted by Gasteiger charge is 2.54. The molecule has 7 rings (SSSR count). The summed E-state index contributed by atoms with van der Waals surface area (Å²) in [5.74, 6) is 1.28. The second-order valence-corrected chi connectivity index (χ2v) is 12.3. The molecule has 1 aromatic rings. The van der Waals surface area contributed by atoms with Crippen LogP contribution in [-0.2, 0) is 25.7 Å². The number of Topliss-reactive ketones (excluding diaryl/α,β-unsaturated/α-hetero) is 1. The summed E-state index contributed by atoms with van der Waals surface area (Å²) in [6.07, 6.45) is 10.8. The summed E-state index contributed by atoms with van der Waals surface area (Å²) in [4.78, 5) is 41.0. The quantitative estimate of drug-likeness (QED) is 0.533. The van der Waals surface area contributed by atoms with Crippen molar-refractivity contribution in [3.63, 3.8) is 0 Å². The van der Waals surface area contributed by atoms with Crippen LogP contribution >= 0.6 is 0 Å². The van der Waals surface area contributed by atoms with Gasteiger partial charge >= 0.3 is 5.97 Å². The minimum Gasteiger partial charge on any atom is -0.455 e. The average Bonchev–Trinajstić information content (AvgIpc) is 2.81. The first-order valence-electron chi connectivity index (χ1n) is 13.6. The molecule has 6 heteroatoms. The number of amides is 1. The van der Waals surface area contributed by atoms with Crippen molar-refractivity contribution in [2.45, 2.75) is 82.7 Å². The maximum atomic E-state index is 13.7. The van der Waals surface area contributed by atoms with Gasteiger partial charge in [0.05, 0.1) is 5.92 Å². The molecular formula is C29H36FNO4. The Kier molecular flexibility index (Phi) is 5.96. The van der Waals surface area contributed by atoms with Crippen molar-refractivity contribution in [1.82, 2.24) is 4.90 Å². The lowest BCUT2D eigenvalue weighted by atomic mass is 9.52. The second-order valence-electron chi connectivity index (χ2n) is 12.3. The molecule has 0 saturated heterocycles. The van der Waals surface area contributed by atoms with E-state index in [2.05, 4.69) is 0 Å². The molecule has 5 nitrogen and oxygen atoms in total. The van der Waals surface area contributed by atoms with Crippen LogP contribution < -0.4 is 0 Å². The highest BCUT2D eigenvalue weighted by Crippen LogP contribution is 2.58. The fraction of sp³-hybridized carbons (Fsp3) is 0.690. The van der Waals surface area contributed by atoms with E-state index in [1.54, 1.807) is 12.1 Å². The van der Waals surface area contributed by atoms with E-state index >= 15 is 0 Å². The highest BCUT2D eigenvalue weighted by molar-refractivity contribution is 5.88. The van der Waals surface area contributed by atoms with Crippen molar-refractivity contribution >= 4 is 17.7 Å². The smallest absolute Gasteiger partial charge is 0.309 e. The monoisotopic (exact) mass is 481 g/mol. The molecule has 6 aliphatic rings. The van der Waals surface area contributed by atoms with Gasteiger partial charge in [-0.3, -0.25) is 14.4 Å². The van der Waals surface area contributed by atoms with Gasteiger partial charge in [-0.15, -0.1) is 0 Å². The minimum absolute atomic E-state index is 0.0160. The summed E-state index contributed by atoms with van der Waals surface area (Å²) in [5, 5.41) is 0. The number of esters is 1. The molecule has 6 bridgehead atoms. The van der Waals surface area contributed by atoms with Crippen molar-refractivity contribution in [2.24, 2.45) is 35.5 Å². The number of hydrogen-bond donors (Lipinski definition) is 0. The van der Waals surface area contributed by atoms with Crippen LogP contribution in [0.1, 0.15) is 76.2 Å². The van der Waals surface area contributed by atoms with E-state index in [0.717, 1.165) is 44.1 Å². The molecular weight excluding hydrogens is 445 g/mol. The van der Waals surface area contributed by atoms with Crippen molar-refractivity contribution in [3.05, 3.63) is 35.6 Å². The molecule has 0 radical (unpaired) electrons. The fourth-order valence-electron chi connectivity index (χ4n) is 8.69. The Hall–Kier alpha value is -2.24. The number of fused-ring (bicyclic) bond motifs is 2. The van der Waals surface area contributed by atoms with Crippen molar-refractivity contribution in [2.75, 3.05) is 6.61 Å². The summed E-state index contributed by atoms with van der Waals surface area (Å²) in [5.41, 5.74) is 0.724. The molecule has 188 valence electrons. The zero-order valence-electron chi connectivity index (χ0n) is 20.4. The second kappa shape index (κ2) is 9.01. The maximum absolute atomic E-state index is 13.7. The van der Waals surface area contributed by atoms with Crippen LogP contribution in [0.4, 0.5) is 4.39 Å². The fourth-order valence-corrected chi connectivity index (χ4v) is 8.69. The van der Waals surface area contributed by atoms with Gasteiger partial charge in [0, 0.05) is 23.9 Å². The van der Waals surface area contributed by atoms with Gasteiger partial charge in [0.1, 0.15) is 11.6 Å². The predicted octanol–water partition coefficient (Wildman–Crippen LogP) is 5.06. The SMILES string of the molecule is O=C(OCC(=O)N(Cc1ccc(F)cc1)C12CC3CC(CC(C3)C1)C2)C1C[C@@H]2CCC[C@@H](C1)C2=O. The van der Waals surface area contributed by atoms with E-state index in [1.807, 2.05) is 4.90 Å². The average molecular weight is 482 g/mol. The number of benzene rings is 1. The largest absolute Gasteiger partial charge is 0.455 e. The van der Waals surface area contributed by atoms with Crippen molar-refractivity contribution in [1.29, 1.82) is 0 Å². The Labute approximate surface area is 206 Å². The summed E-state index contributed by atoms with van der Waals surface area (Å²) < 4.78 is 19.2. The first-order chi connectivity index (χ1) is 16.9. The minimum atomic E-state index is -0.324. The summed E-state index contributed by atoms with van der Waals surface area (Å²) in [6.45, 7) is 0.173. The summed E-state index contributed by atoms with van der Waals surface area (Å²) >= 11 is 0. The van der Waals surface area contributed by atoms with E-state index < -0.39 is 0 Å². The Bertz CT molecular complexity index is 953. The first kappa shape index (κ1) is 23.2. The van der Waals surface area contributed by atoms with Crippen LogP contribution in [0.3, 0.4) is 0 Å². The first-order valence-corrected chi connectivity index (χ1v) is 13.6. The number of rotatable bonds is 6. The number of carbonyl (C=O) groups is 3. The van der Waals surface area contributed by atoms with E-state index in [0.29, 0.717) is 42.9 Å². The molecule has 6 saturated carbocycles. The van der Waals surface area contributed by atoms with Crippen LogP contribution in [0, 0.1) is 41.3 Å². The van der Waals surface area contributed by atoms with Gasteiger partial charge in [-0.05, 0) is 99.7 Å². The van der Waals surface area contributed by atoms with Crippen LogP contribution in [0.2, 0.25) is 0 Å². The molecule has 0 aromatic heterocycles. The number of hydrogen-bond acceptors (Lipinski definition) is 4. The maximum Gasteiger partial charge on any atom is 0.309 e. The third-order valence-corrected chi connectivity index (χ3v) is 9.85. The number of ketones is 1. The Morgan fingerprint density at radius 3 is 2.06 bits per heavy atom. The lowest BCUT2D eigenvalue weighted by Crippen LogP contribution is -2.61. The molecule has 35 heavy (non-hydrogen) atoms. The van der Waals surface area contributed by atoms with Crippen LogP contribution in [0.25, 0.3) is 0 Å². The molecule has 0 spiro atoms. The van der Waals surface area contributed by atoms with Crippen molar-refractivity contribution in [3.8, 4) is 0 Å². The number of nitrogens with zero attached hydrogens (tertiary/aromatic N) is 1. The highest BCUT2D eigenvalue weighted by atomic mass is 19.1. The Morgan fingerprint density at radius 1 is 0.914 bits per heavy atom. The normalized spacial score (nSPS) is 37.2. The van der Waals surface area contributed by atoms with Gasteiger partial charge in [0.15, 0.2) is 6.61 Å². The van der Waals surface area contributed by atoms with E-state index in [4.69, 9.17) is 4.74 Å². The molecule has 0 N–H and O–H groups in total. The lowest BCUT2D eigenvalue weighted by Gasteiger charge is -2.60. The van der Waals surface area contributed by atoms with Gasteiger partial charge in [-0.1, -0.05) is 18.6 Å². The van der Waals surface area contributed by atoms with Crippen LogP contribution in [0.5, 0.6) is 0 Å². The summed E-state index contributed by atoms with van der Waals surface area (Å²) in [6, 6.07) is 6.39. The molecule has 6 fully saturated rings. The van der Waals surface area contributed by atoms with Gasteiger partial charge in [-0.2, -0.15) is 0 Å². The molecule has 0 unspecified atom stereocenters. The van der Waals surface area contributed by atoms with Gasteiger partial charge < -0.3 is 9.64 Å². The molecule has 1 amide bonds. The van der Waals surface area contributed by atoms with Gasteiger partial charge in [0.2, 0.25) is 0 Å². The lowest BCUT2D eigenvalue weighted by molar-refractivity contribution is -0.167. The standard InChI is InChI=1S/C29H36FNO4/c30-25-6-4-18(5-7-25)16-31(29-13-19-8-20(14-29)10-21(9-19)15-29)26(32)17-35-28(34)24-11-22-2-1-3-23(12-24)27(22)33/h4-7,19-24H,1-3,8-17H2/t19?,20?,21?,22-,23-,29?/m0/s1. The van der Waals surface area contributed by atoms with E-state index in [1.165, 1.54) is 31.4 Å². The molecule has 0 aliphatic heterocycles. The molecule has 2 atom stereocenters. The number of halogens is 1. The Balaban J connectivity index is 1.17. The third kappa shape index (κ3) is 4.42. The molecule has 1 aromatic carbocycles. The Morgan fingerprint density at radius 2 is 1.49 bits per heavy atom. The molecule has 0 heterocycles. The van der Waals surface area contributed by atoms with Crippen LogP contribution in [0.15, 0.2) is 24.3 Å². The zero-order chi connectivity index (χ0) is 24.2. The van der Waals surface area contributed by atoms with Gasteiger partial charge in [0.25, 0.3) is 5.91 Å². The topological polar surface area (TPSA) is 63.7 Å². The predicted molar refractivity (Wildman–Crippen MR) is 127 cm³/mol. The third-order valence-electron chi connectivity index (χ3n) is 9.85.